The number of quaternary nitrogens is 1. The van der Waals surface area contributed by atoms with Gasteiger partial charge in [0.05, 0.1) is 31.6 Å². The predicted molar refractivity (Wildman–Crippen MR) is 108 cm³/mol. The van der Waals surface area contributed by atoms with E-state index in [0.29, 0.717) is 11.6 Å². The molecule has 0 bridgehead atoms. The molecule has 1 aliphatic rings. The molecule has 0 aliphatic carbocycles. The van der Waals surface area contributed by atoms with Crippen molar-refractivity contribution in [2.24, 2.45) is 0 Å². The SMILES string of the molecule is CCNC(=O)Nc1ccc(C2C[N+](C)(C)Cc3c(Cl)cc(Cl)cc32)cc1. The average Bonchev–Trinajstić information content (AvgIpc) is 2.56. The Labute approximate surface area is 164 Å². The number of carbonyl (C=O) groups excluding carboxylic acids is 1. The van der Waals surface area contributed by atoms with E-state index in [4.69, 9.17) is 23.2 Å². The fourth-order valence-corrected chi connectivity index (χ4v) is 4.17. The molecule has 0 aromatic heterocycles. The number of halogens is 2. The summed E-state index contributed by atoms with van der Waals surface area (Å²) in [7, 11) is 4.43. The topological polar surface area (TPSA) is 41.1 Å². The molecule has 2 N–H and O–H groups in total. The molecule has 6 heteroatoms. The van der Waals surface area contributed by atoms with Crippen LogP contribution in [-0.4, -0.2) is 37.7 Å². The minimum Gasteiger partial charge on any atom is -0.338 e. The van der Waals surface area contributed by atoms with Crippen molar-refractivity contribution in [1.29, 1.82) is 0 Å². The molecule has 2 aromatic carbocycles. The van der Waals surface area contributed by atoms with E-state index in [0.717, 1.165) is 28.3 Å². The number of likely N-dealkylation sites (N-methyl/N-ethyl adjacent to an activating group) is 1. The van der Waals surface area contributed by atoms with Crippen molar-refractivity contribution in [2.75, 3.05) is 32.5 Å². The average molecular weight is 393 g/mol. The lowest BCUT2D eigenvalue weighted by Gasteiger charge is -2.40. The number of anilines is 1. The Kier molecular flexibility index (Phi) is 5.47. The molecule has 0 saturated heterocycles. The second kappa shape index (κ2) is 7.47. The van der Waals surface area contributed by atoms with Gasteiger partial charge in [0.15, 0.2) is 0 Å². The van der Waals surface area contributed by atoms with E-state index in [1.165, 1.54) is 16.7 Å². The summed E-state index contributed by atoms with van der Waals surface area (Å²) in [4.78, 5) is 11.7. The number of fused-ring (bicyclic) bond motifs is 1. The third kappa shape index (κ3) is 4.14. The number of amides is 2. The molecular formula is C20H24Cl2N3O+. The van der Waals surface area contributed by atoms with Gasteiger partial charge in [-0.3, -0.25) is 0 Å². The zero-order valence-corrected chi connectivity index (χ0v) is 16.8. The van der Waals surface area contributed by atoms with Gasteiger partial charge < -0.3 is 15.1 Å². The quantitative estimate of drug-likeness (QED) is 0.719. The number of hydrogen-bond acceptors (Lipinski definition) is 1. The van der Waals surface area contributed by atoms with Gasteiger partial charge in [0.2, 0.25) is 0 Å². The van der Waals surface area contributed by atoms with Crippen molar-refractivity contribution in [3.05, 3.63) is 63.1 Å². The van der Waals surface area contributed by atoms with Crippen LogP contribution in [0.25, 0.3) is 0 Å². The summed E-state index contributed by atoms with van der Waals surface area (Å²) >= 11 is 12.8. The molecule has 0 saturated carbocycles. The van der Waals surface area contributed by atoms with Crippen LogP contribution in [0.3, 0.4) is 0 Å². The molecule has 0 fully saturated rings. The van der Waals surface area contributed by atoms with Crippen molar-refractivity contribution in [1.82, 2.24) is 5.32 Å². The van der Waals surface area contributed by atoms with Gasteiger partial charge in [-0.1, -0.05) is 35.3 Å². The highest BCUT2D eigenvalue weighted by molar-refractivity contribution is 6.35. The summed E-state index contributed by atoms with van der Waals surface area (Å²) in [6, 6.07) is 11.7. The molecule has 2 amide bonds. The van der Waals surface area contributed by atoms with Crippen LogP contribution in [0.4, 0.5) is 10.5 Å². The maximum atomic E-state index is 11.7. The van der Waals surface area contributed by atoms with Crippen LogP contribution in [-0.2, 0) is 6.54 Å². The van der Waals surface area contributed by atoms with Crippen LogP contribution in [0.5, 0.6) is 0 Å². The Morgan fingerprint density at radius 1 is 1.19 bits per heavy atom. The Hall–Kier alpha value is -1.75. The fraction of sp³-hybridized carbons (Fsp3) is 0.350. The van der Waals surface area contributed by atoms with Crippen molar-refractivity contribution >= 4 is 34.9 Å². The molecule has 1 heterocycles. The number of rotatable bonds is 3. The molecule has 0 spiro atoms. The van der Waals surface area contributed by atoms with E-state index in [1.807, 2.05) is 31.2 Å². The molecule has 138 valence electrons. The second-order valence-electron chi connectivity index (χ2n) is 7.39. The highest BCUT2D eigenvalue weighted by Crippen LogP contribution is 2.40. The maximum absolute atomic E-state index is 11.7. The molecule has 26 heavy (non-hydrogen) atoms. The van der Waals surface area contributed by atoms with Gasteiger partial charge in [-0.15, -0.1) is 0 Å². The molecule has 0 radical (unpaired) electrons. The van der Waals surface area contributed by atoms with E-state index in [9.17, 15) is 4.79 Å². The summed E-state index contributed by atoms with van der Waals surface area (Å²) in [5.41, 5.74) is 4.33. The smallest absolute Gasteiger partial charge is 0.319 e. The van der Waals surface area contributed by atoms with Crippen molar-refractivity contribution in [3.8, 4) is 0 Å². The summed E-state index contributed by atoms with van der Waals surface area (Å²) < 4.78 is 0.859. The van der Waals surface area contributed by atoms with Crippen molar-refractivity contribution < 1.29 is 9.28 Å². The van der Waals surface area contributed by atoms with E-state index in [2.05, 4.69) is 36.9 Å². The maximum Gasteiger partial charge on any atom is 0.319 e. The lowest BCUT2D eigenvalue weighted by atomic mass is 9.84. The van der Waals surface area contributed by atoms with Crippen LogP contribution < -0.4 is 10.6 Å². The van der Waals surface area contributed by atoms with Gasteiger partial charge in [0.1, 0.15) is 6.54 Å². The Morgan fingerprint density at radius 3 is 2.54 bits per heavy atom. The number of nitrogens with one attached hydrogen (secondary N) is 2. The van der Waals surface area contributed by atoms with Crippen LogP contribution in [0.2, 0.25) is 10.0 Å². The highest BCUT2D eigenvalue weighted by atomic mass is 35.5. The Morgan fingerprint density at radius 2 is 1.88 bits per heavy atom. The number of carbonyl (C=O) groups is 1. The minimum atomic E-state index is -0.195. The van der Waals surface area contributed by atoms with E-state index in [-0.39, 0.29) is 11.9 Å². The minimum absolute atomic E-state index is 0.195. The normalized spacial score (nSPS) is 18.1. The number of nitrogens with zero attached hydrogens (tertiary/aromatic N) is 1. The van der Waals surface area contributed by atoms with E-state index < -0.39 is 0 Å². The van der Waals surface area contributed by atoms with Crippen LogP contribution in [0, 0.1) is 0 Å². The molecule has 2 aromatic rings. The van der Waals surface area contributed by atoms with Crippen LogP contribution in [0.15, 0.2) is 36.4 Å². The number of urea groups is 1. The van der Waals surface area contributed by atoms with E-state index >= 15 is 0 Å². The van der Waals surface area contributed by atoms with Gasteiger partial charge in [-0.25, -0.2) is 4.79 Å². The molecule has 1 unspecified atom stereocenters. The fourth-order valence-electron chi connectivity index (χ4n) is 3.61. The predicted octanol–water partition coefficient (Wildman–Crippen LogP) is 4.86. The summed E-state index contributed by atoms with van der Waals surface area (Å²) in [5.74, 6) is 0.212. The third-order valence-electron chi connectivity index (χ3n) is 4.74. The lowest BCUT2D eigenvalue weighted by Crippen LogP contribution is -2.46. The van der Waals surface area contributed by atoms with Crippen LogP contribution >= 0.6 is 23.2 Å². The summed E-state index contributed by atoms with van der Waals surface area (Å²) in [6.07, 6.45) is 0. The van der Waals surface area contributed by atoms with Gasteiger partial charge >= 0.3 is 6.03 Å². The van der Waals surface area contributed by atoms with Gasteiger partial charge in [-0.05, 0) is 42.3 Å². The molecule has 1 aliphatic heterocycles. The summed E-state index contributed by atoms with van der Waals surface area (Å²) in [5, 5.41) is 6.96. The molecule has 1 atom stereocenters. The molecular weight excluding hydrogens is 369 g/mol. The summed E-state index contributed by atoms with van der Waals surface area (Å²) in [6.45, 7) is 4.34. The van der Waals surface area contributed by atoms with Crippen molar-refractivity contribution in [3.63, 3.8) is 0 Å². The largest absolute Gasteiger partial charge is 0.338 e. The zero-order valence-electron chi connectivity index (χ0n) is 15.3. The first-order valence-corrected chi connectivity index (χ1v) is 9.49. The second-order valence-corrected chi connectivity index (χ2v) is 8.23. The number of benzene rings is 2. The van der Waals surface area contributed by atoms with Gasteiger partial charge in [0.25, 0.3) is 0 Å². The van der Waals surface area contributed by atoms with Gasteiger partial charge in [-0.2, -0.15) is 0 Å². The molecule has 3 rings (SSSR count). The highest BCUT2D eigenvalue weighted by Gasteiger charge is 2.34. The first-order valence-electron chi connectivity index (χ1n) is 8.73. The Bertz CT molecular complexity index is 819. The first-order chi connectivity index (χ1) is 12.3. The lowest BCUT2D eigenvalue weighted by molar-refractivity contribution is -0.906. The zero-order chi connectivity index (χ0) is 18.9. The Balaban J connectivity index is 1.93. The number of hydrogen-bond donors (Lipinski definition) is 2. The first kappa shape index (κ1) is 19.0. The van der Waals surface area contributed by atoms with E-state index in [1.54, 1.807) is 0 Å². The standard InChI is InChI=1S/C20H23Cl2N3O/c1-4-23-20(26)24-15-7-5-13(6-8-15)17-11-25(2,3)12-18-16(17)9-14(21)10-19(18)22/h5-10,17H,4,11-12H2,1-3H3,(H-,23,24,26)/p+1. The van der Waals surface area contributed by atoms with Crippen molar-refractivity contribution in [2.45, 2.75) is 19.4 Å². The van der Waals surface area contributed by atoms with Gasteiger partial charge in [0, 0.05) is 22.8 Å². The molecule has 4 nitrogen and oxygen atoms in total. The van der Waals surface area contributed by atoms with Crippen LogP contribution in [0.1, 0.15) is 29.5 Å². The third-order valence-corrected chi connectivity index (χ3v) is 5.30. The monoisotopic (exact) mass is 392 g/mol.